The van der Waals surface area contributed by atoms with Crippen molar-refractivity contribution in [2.45, 2.75) is 0 Å². The van der Waals surface area contributed by atoms with Gasteiger partial charge >= 0.3 is 0 Å². The molecule has 0 rings (SSSR count). The number of nitrogens with one attached hydrogen (secondary N) is 1. The van der Waals surface area contributed by atoms with E-state index in [0.29, 0.717) is 0 Å². The van der Waals surface area contributed by atoms with E-state index in [-0.39, 0.29) is 0 Å². The highest BCUT2D eigenvalue weighted by atomic mass is 15.2. The van der Waals surface area contributed by atoms with E-state index in [9.17, 15) is 0 Å². The second-order valence-electron chi connectivity index (χ2n) is 1.78. The Kier molecular flexibility index (Phi) is 9.57. The number of rotatable bonds is 0. The molecule has 0 radical (unpaired) electrons. The minimum atomic E-state index is 0.894. The maximum atomic E-state index is 6.75. The minimum Gasteiger partial charge on any atom is -0.373 e. The molecule has 0 bridgehead atoms. The van der Waals surface area contributed by atoms with E-state index in [4.69, 9.17) is 11.1 Å². The molecule has 0 aliphatic rings. The summed E-state index contributed by atoms with van der Waals surface area (Å²) in [4.78, 5) is 7.35. The molecule has 0 heterocycles. The summed E-state index contributed by atoms with van der Waals surface area (Å²) in [6.45, 7) is 0. The lowest BCUT2D eigenvalue weighted by molar-refractivity contribution is 0.596. The molecule has 0 saturated carbocycles. The Hall–Kier alpha value is -1.42. The van der Waals surface area contributed by atoms with Crippen LogP contribution in [-0.2, 0) is 0 Å². The Balaban J connectivity index is 0. The zero-order valence-electron chi connectivity index (χ0n) is 7.24. The van der Waals surface area contributed by atoms with Crippen molar-refractivity contribution in [3.63, 3.8) is 0 Å². The van der Waals surface area contributed by atoms with Crippen LogP contribution in [0.15, 0.2) is 4.99 Å². The first-order valence-corrected chi connectivity index (χ1v) is 2.94. The van der Waals surface area contributed by atoms with Crippen molar-refractivity contribution in [2.24, 2.45) is 4.99 Å². The zero-order chi connectivity index (χ0) is 9.28. The summed E-state index contributed by atoms with van der Waals surface area (Å²) in [5.74, 6) is 0.894. The molecule has 11 heavy (non-hydrogen) atoms. The molecule has 0 saturated heterocycles. The molecule has 6 heteroatoms. The number of hydrogen-bond donors (Lipinski definition) is 1. The lowest BCUT2D eigenvalue weighted by Crippen LogP contribution is -2.33. The first-order chi connectivity index (χ1) is 5.13. The molecule has 0 atom stereocenters. The van der Waals surface area contributed by atoms with Gasteiger partial charge in [0.15, 0.2) is 5.96 Å². The lowest BCUT2D eigenvalue weighted by Gasteiger charge is -2.12. The van der Waals surface area contributed by atoms with Crippen LogP contribution >= 0.6 is 0 Å². The SMILES string of the molecule is C/N=C(\NC)N(C)C.[N-]=[N+]=[N-]. The summed E-state index contributed by atoms with van der Waals surface area (Å²) >= 11 is 0. The summed E-state index contributed by atoms with van der Waals surface area (Å²) in [5, 5.41) is 2.93. The van der Waals surface area contributed by atoms with Gasteiger partial charge in [-0.2, -0.15) is 0 Å². The van der Waals surface area contributed by atoms with Crippen LogP contribution in [0.2, 0.25) is 0 Å². The monoisotopic (exact) mass is 157 g/mol. The van der Waals surface area contributed by atoms with E-state index < -0.39 is 0 Å². The first kappa shape index (κ1) is 12.3. The molecule has 0 aliphatic carbocycles. The van der Waals surface area contributed by atoms with Crippen LogP contribution in [0.1, 0.15) is 0 Å². The third kappa shape index (κ3) is 8.58. The van der Waals surface area contributed by atoms with Crippen molar-refractivity contribution in [3.8, 4) is 0 Å². The van der Waals surface area contributed by atoms with Gasteiger partial charge in [0.05, 0.1) is 0 Å². The van der Waals surface area contributed by atoms with Gasteiger partial charge in [-0.15, -0.1) is 0 Å². The second-order valence-corrected chi connectivity index (χ2v) is 1.78. The second kappa shape index (κ2) is 8.58. The largest absolute Gasteiger partial charge is 0.373 e. The highest BCUT2D eigenvalue weighted by molar-refractivity contribution is 5.78. The van der Waals surface area contributed by atoms with Crippen LogP contribution in [0, 0.1) is 0 Å². The third-order valence-electron chi connectivity index (χ3n) is 0.859. The van der Waals surface area contributed by atoms with Crippen LogP contribution in [-0.4, -0.2) is 39.1 Å². The smallest absolute Gasteiger partial charge is 0.192 e. The molecule has 6 nitrogen and oxygen atoms in total. The standard InChI is InChI=1S/C5H13N3.N3/c1-6-5(7-2)8(3)4;1-3-2/h1-4H3,(H,6,7);/q;-1. The molecule has 1 N–H and O–H groups in total. The molecule has 0 aromatic heterocycles. The van der Waals surface area contributed by atoms with Crippen LogP contribution in [0.25, 0.3) is 16.0 Å². The van der Waals surface area contributed by atoms with E-state index >= 15 is 0 Å². The molecule has 0 amide bonds. The van der Waals surface area contributed by atoms with Crippen LogP contribution in [0.4, 0.5) is 0 Å². The van der Waals surface area contributed by atoms with Crippen molar-refractivity contribution in [2.75, 3.05) is 28.2 Å². The van der Waals surface area contributed by atoms with E-state index in [1.54, 1.807) is 7.05 Å². The van der Waals surface area contributed by atoms with Crippen molar-refractivity contribution in [1.29, 1.82) is 0 Å². The molecule has 64 valence electrons. The van der Waals surface area contributed by atoms with Gasteiger partial charge in [-0.1, -0.05) is 0 Å². The van der Waals surface area contributed by atoms with E-state index in [1.165, 1.54) is 4.91 Å². The fraction of sp³-hybridized carbons (Fsp3) is 0.800. The summed E-state index contributed by atoms with van der Waals surface area (Å²) < 4.78 is 0. The molecule has 0 fully saturated rings. The van der Waals surface area contributed by atoms with Gasteiger partial charge in [-0.3, -0.25) is 9.90 Å². The van der Waals surface area contributed by atoms with Crippen LogP contribution < -0.4 is 5.32 Å². The molecule has 0 spiro atoms. The van der Waals surface area contributed by atoms with Gasteiger partial charge in [0.25, 0.3) is 0 Å². The summed E-state index contributed by atoms with van der Waals surface area (Å²) in [7, 11) is 7.49. The van der Waals surface area contributed by atoms with Gasteiger partial charge in [-0.05, 0) is 0 Å². The highest BCUT2D eigenvalue weighted by Gasteiger charge is 1.91. The zero-order valence-corrected chi connectivity index (χ0v) is 7.24. The maximum Gasteiger partial charge on any atom is 0.192 e. The van der Waals surface area contributed by atoms with Gasteiger partial charge in [0.1, 0.15) is 0 Å². The van der Waals surface area contributed by atoms with Crippen molar-refractivity contribution in [1.82, 2.24) is 10.2 Å². The predicted octanol–water partition coefficient (Wildman–Crippen LogP) is 0.619. The average molecular weight is 157 g/mol. The van der Waals surface area contributed by atoms with Crippen LogP contribution in [0.5, 0.6) is 0 Å². The van der Waals surface area contributed by atoms with E-state index in [1.807, 2.05) is 26.0 Å². The molecule has 0 aromatic carbocycles. The molecule has 0 aromatic rings. The van der Waals surface area contributed by atoms with Gasteiger partial charge in [0.2, 0.25) is 0 Å². The molecular formula is C5H13N6-. The normalized spacial score (nSPS) is 8.91. The number of aliphatic imine (C=N–C) groups is 1. The van der Waals surface area contributed by atoms with Crippen LogP contribution in [0.3, 0.4) is 0 Å². The minimum absolute atomic E-state index is 0.894. The first-order valence-electron chi connectivity index (χ1n) is 2.94. The summed E-state index contributed by atoms with van der Waals surface area (Å²) in [5.41, 5.74) is 13.5. The third-order valence-corrected chi connectivity index (χ3v) is 0.859. The summed E-state index contributed by atoms with van der Waals surface area (Å²) in [6.07, 6.45) is 0. The molecule has 0 unspecified atom stereocenters. The Bertz CT molecular complexity index is 143. The highest BCUT2D eigenvalue weighted by Crippen LogP contribution is 1.73. The van der Waals surface area contributed by atoms with E-state index in [2.05, 4.69) is 10.3 Å². The fourth-order valence-electron chi connectivity index (χ4n) is 0.535. The quantitative estimate of drug-likeness (QED) is 0.184. The average Bonchev–Trinajstić information content (AvgIpc) is 1.91. The lowest BCUT2D eigenvalue weighted by atomic mass is 10.8. The Morgan fingerprint density at radius 3 is 1.82 bits per heavy atom. The Labute approximate surface area is 66.3 Å². The van der Waals surface area contributed by atoms with Gasteiger partial charge in [-0.25, -0.2) is 0 Å². The van der Waals surface area contributed by atoms with Crippen molar-refractivity contribution in [3.05, 3.63) is 16.0 Å². The number of guanidine groups is 1. The van der Waals surface area contributed by atoms with Gasteiger partial charge < -0.3 is 21.3 Å². The van der Waals surface area contributed by atoms with Gasteiger partial charge in [0, 0.05) is 28.2 Å². The number of nitrogens with zero attached hydrogens (tertiary/aromatic N) is 5. The maximum absolute atomic E-state index is 6.75. The molecule has 0 aliphatic heterocycles. The fourth-order valence-corrected chi connectivity index (χ4v) is 0.535. The number of hydrogen-bond acceptors (Lipinski definition) is 1. The van der Waals surface area contributed by atoms with Crippen molar-refractivity contribution < 1.29 is 0 Å². The Morgan fingerprint density at radius 2 is 1.82 bits per heavy atom. The predicted molar refractivity (Wildman–Crippen MR) is 46.2 cm³/mol. The van der Waals surface area contributed by atoms with Crippen molar-refractivity contribution >= 4 is 5.96 Å². The molecular weight excluding hydrogens is 144 g/mol. The topological polar surface area (TPSA) is 86.3 Å². The summed E-state index contributed by atoms with van der Waals surface area (Å²) in [6, 6.07) is 0. The Morgan fingerprint density at radius 1 is 1.45 bits per heavy atom. The van der Waals surface area contributed by atoms with E-state index in [0.717, 1.165) is 5.96 Å².